The lowest BCUT2D eigenvalue weighted by Crippen LogP contribution is -1.94. The number of rotatable bonds is 0. The first-order chi connectivity index (χ1) is 6.15. The molecule has 0 radical (unpaired) electrons. The normalized spacial score (nSPS) is 8.38. The number of hydrogen-bond acceptors (Lipinski definition) is 2. The van der Waals surface area contributed by atoms with Crippen LogP contribution in [0.3, 0.4) is 0 Å². The molecule has 64 valence electrons. The van der Waals surface area contributed by atoms with Gasteiger partial charge in [0.05, 0.1) is 0 Å². The van der Waals surface area contributed by atoms with Crippen molar-refractivity contribution in [1.29, 1.82) is 5.26 Å². The van der Waals surface area contributed by atoms with Crippen LogP contribution in [-0.4, -0.2) is 0 Å². The van der Waals surface area contributed by atoms with E-state index in [9.17, 15) is 0 Å². The molecule has 0 aliphatic heterocycles. The largest absolute Gasteiger partial charge is 0.398 e. The first-order valence-corrected chi connectivity index (χ1v) is 3.92. The SMILES string of the molecule is Cc1cc(C#CC#N)cc(C)c1N. The van der Waals surface area contributed by atoms with Crippen molar-refractivity contribution in [2.24, 2.45) is 0 Å². The van der Waals surface area contributed by atoms with Crippen molar-refractivity contribution in [2.45, 2.75) is 13.8 Å². The van der Waals surface area contributed by atoms with Crippen molar-refractivity contribution in [2.75, 3.05) is 5.73 Å². The lowest BCUT2D eigenvalue weighted by atomic mass is 10.1. The van der Waals surface area contributed by atoms with Crippen molar-refractivity contribution in [3.05, 3.63) is 28.8 Å². The second-order valence-corrected chi connectivity index (χ2v) is 2.89. The van der Waals surface area contributed by atoms with Crippen LogP contribution in [0.1, 0.15) is 16.7 Å². The summed E-state index contributed by atoms with van der Waals surface area (Å²) in [6.45, 7) is 3.86. The van der Waals surface area contributed by atoms with E-state index in [1.807, 2.05) is 26.0 Å². The minimum atomic E-state index is 0.794. The quantitative estimate of drug-likeness (QED) is 0.476. The third-order valence-electron chi connectivity index (χ3n) is 1.86. The van der Waals surface area contributed by atoms with E-state index >= 15 is 0 Å². The number of benzene rings is 1. The standard InChI is InChI=1S/C11H10N2/c1-8-6-10(4-3-5-12)7-9(2)11(8)13/h6-7H,13H2,1-2H3. The number of hydrogen-bond donors (Lipinski definition) is 1. The second-order valence-electron chi connectivity index (χ2n) is 2.89. The average Bonchev–Trinajstić information content (AvgIpc) is 2.10. The van der Waals surface area contributed by atoms with Gasteiger partial charge in [0.25, 0.3) is 0 Å². The molecule has 2 nitrogen and oxygen atoms in total. The molecular weight excluding hydrogens is 160 g/mol. The second kappa shape index (κ2) is 3.65. The molecule has 1 aromatic rings. The maximum atomic E-state index is 8.27. The average molecular weight is 170 g/mol. The van der Waals surface area contributed by atoms with Crippen LogP contribution in [0.2, 0.25) is 0 Å². The summed E-state index contributed by atoms with van der Waals surface area (Å²) in [5.41, 5.74) is 9.40. The van der Waals surface area contributed by atoms with Crippen LogP contribution < -0.4 is 5.73 Å². The third kappa shape index (κ3) is 2.01. The highest BCUT2D eigenvalue weighted by atomic mass is 14.6. The Hall–Kier alpha value is -1.93. The summed E-state index contributed by atoms with van der Waals surface area (Å²) in [5, 5.41) is 8.27. The van der Waals surface area contributed by atoms with Crippen LogP contribution in [0.5, 0.6) is 0 Å². The Morgan fingerprint density at radius 1 is 1.23 bits per heavy atom. The van der Waals surface area contributed by atoms with Crippen LogP contribution in [0.25, 0.3) is 0 Å². The first-order valence-electron chi connectivity index (χ1n) is 3.92. The number of aryl methyl sites for hydroxylation is 2. The van der Waals surface area contributed by atoms with Gasteiger partial charge in [-0.3, -0.25) is 0 Å². The van der Waals surface area contributed by atoms with Gasteiger partial charge in [-0.05, 0) is 37.1 Å². The van der Waals surface area contributed by atoms with Crippen molar-refractivity contribution in [3.8, 4) is 17.9 Å². The predicted molar refractivity (Wildman–Crippen MR) is 52.8 cm³/mol. The molecule has 0 amide bonds. The highest BCUT2D eigenvalue weighted by Crippen LogP contribution is 2.17. The van der Waals surface area contributed by atoms with Crippen LogP contribution in [0, 0.1) is 37.0 Å². The van der Waals surface area contributed by atoms with Gasteiger partial charge in [0.1, 0.15) is 0 Å². The van der Waals surface area contributed by atoms with E-state index in [1.165, 1.54) is 0 Å². The molecule has 0 fully saturated rings. The smallest absolute Gasteiger partial charge is 0.152 e. The first kappa shape index (κ1) is 9.16. The molecule has 0 aliphatic rings. The van der Waals surface area contributed by atoms with Crippen LogP contribution in [-0.2, 0) is 0 Å². The predicted octanol–water partition coefficient (Wildman–Crippen LogP) is 1.76. The van der Waals surface area contributed by atoms with E-state index in [1.54, 1.807) is 6.07 Å². The lowest BCUT2D eigenvalue weighted by Gasteiger charge is -2.04. The molecule has 0 atom stereocenters. The summed E-state index contributed by atoms with van der Waals surface area (Å²) in [7, 11) is 0. The zero-order chi connectivity index (χ0) is 9.84. The lowest BCUT2D eigenvalue weighted by molar-refractivity contribution is 1.37. The Morgan fingerprint density at radius 3 is 2.23 bits per heavy atom. The molecule has 2 N–H and O–H groups in total. The maximum Gasteiger partial charge on any atom is 0.152 e. The van der Waals surface area contributed by atoms with Gasteiger partial charge in [0.2, 0.25) is 0 Å². The molecule has 0 saturated carbocycles. The van der Waals surface area contributed by atoms with E-state index in [0.717, 1.165) is 22.4 Å². The summed E-state index contributed by atoms with van der Waals surface area (Å²) in [4.78, 5) is 0. The summed E-state index contributed by atoms with van der Waals surface area (Å²) >= 11 is 0. The Balaban J connectivity index is 3.23. The molecular formula is C11H10N2. The van der Waals surface area contributed by atoms with Crippen molar-refractivity contribution >= 4 is 5.69 Å². The number of nitriles is 1. The minimum absolute atomic E-state index is 0.794. The fourth-order valence-electron chi connectivity index (χ4n) is 1.15. The van der Waals surface area contributed by atoms with Gasteiger partial charge in [-0.15, -0.1) is 0 Å². The summed E-state index contributed by atoms with van der Waals surface area (Å²) in [5.74, 6) is 5.09. The molecule has 0 saturated heterocycles. The highest BCUT2D eigenvalue weighted by molar-refractivity contribution is 5.57. The number of nitrogens with zero attached hydrogens (tertiary/aromatic N) is 1. The Bertz CT molecular complexity index is 405. The highest BCUT2D eigenvalue weighted by Gasteiger charge is 1.98. The fourth-order valence-corrected chi connectivity index (χ4v) is 1.15. The van der Waals surface area contributed by atoms with E-state index in [4.69, 9.17) is 11.0 Å². The van der Waals surface area contributed by atoms with Crippen molar-refractivity contribution in [3.63, 3.8) is 0 Å². The number of nitrogens with two attached hydrogens (primary N) is 1. The summed E-state index contributed by atoms with van der Waals surface area (Å²) in [6.07, 6.45) is 0. The van der Waals surface area contributed by atoms with Crippen LogP contribution >= 0.6 is 0 Å². The van der Waals surface area contributed by atoms with Crippen LogP contribution in [0.4, 0.5) is 5.69 Å². The van der Waals surface area contributed by atoms with Gasteiger partial charge in [0.15, 0.2) is 6.07 Å². The maximum absolute atomic E-state index is 8.27. The monoisotopic (exact) mass is 170 g/mol. The van der Waals surface area contributed by atoms with E-state index < -0.39 is 0 Å². The van der Waals surface area contributed by atoms with Gasteiger partial charge < -0.3 is 5.73 Å². The Morgan fingerprint density at radius 2 is 1.77 bits per heavy atom. The van der Waals surface area contributed by atoms with Crippen LogP contribution in [0.15, 0.2) is 12.1 Å². The molecule has 0 aliphatic carbocycles. The molecule has 0 spiro atoms. The van der Waals surface area contributed by atoms with Gasteiger partial charge in [0, 0.05) is 17.2 Å². The summed E-state index contributed by atoms with van der Waals surface area (Å²) in [6, 6.07) is 5.54. The Labute approximate surface area is 78.0 Å². The molecule has 13 heavy (non-hydrogen) atoms. The molecule has 1 rings (SSSR count). The zero-order valence-corrected chi connectivity index (χ0v) is 7.68. The minimum Gasteiger partial charge on any atom is -0.398 e. The molecule has 0 unspecified atom stereocenters. The van der Waals surface area contributed by atoms with Crippen molar-refractivity contribution in [1.82, 2.24) is 0 Å². The molecule has 0 aromatic heterocycles. The number of anilines is 1. The molecule has 0 bridgehead atoms. The third-order valence-corrected chi connectivity index (χ3v) is 1.86. The number of nitrogen functional groups attached to an aromatic ring is 1. The van der Waals surface area contributed by atoms with E-state index in [-0.39, 0.29) is 0 Å². The van der Waals surface area contributed by atoms with Gasteiger partial charge >= 0.3 is 0 Å². The van der Waals surface area contributed by atoms with Gasteiger partial charge in [-0.1, -0.05) is 5.92 Å². The van der Waals surface area contributed by atoms with Gasteiger partial charge in [-0.25, -0.2) is 0 Å². The summed E-state index contributed by atoms with van der Waals surface area (Å²) < 4.78 is 0. The molecule has 1 aromatic carbocycles. The Kier molecular flexibility index (Phi) is 2.57. The fraction of sp³-hybridized carbons (Fsp3) is 0.182. The van der Waals surface area contributed by atoms with E-state index in [0.29, 0.717) is 0 Å². The van der Waals surface area contributed by atoms with Gasteiger partial charge in [-0.2, -0.15) is 5.26 Å². The topological polar surface area (TPSA) is 49.8 Å². The van der Waals surface area contributed by atoms with E-state index in [2.05, 4.69) is 11.8 Å². The zero-order valence-electron chi connectivity index (χ0n) is 7.68. The van der Waals surface area contributed by atoms with Crippen molar-refractivity contribution < 1.29 is 0 Å². The molecule has 2 heteroatoms. The molecule has 0 heterocycles.